The van der Waals surface area contributed by atoms with Crippen molar-refractivity contribution in [1.82, 2.24) is 10.2 Å². The minimum atomic E-state index is -4.02. The Morgan fingerprint density at radius 1 is 0.971 bits per heavy atom. The molecule has 2 N–H and O–H groups in total. The fourth-order valence-corrected chi connectivity index (χ4v) is 5.22. The number of ether oxygens (including phenoxy) is 1. The number of carbonyl (C=O) groups is 1. The number of carbonyl (C=O) groups excluding carboxylic acids is 1. The van der Waals surface area contributed by atoms with Crippen molar-refractivity contribution >= 4 is 61.3 Å². The van der Waals surface area contributed by atoms with Gasteiger partial charge in [-0.1, -0.05) is 64.9 Å². The molecule has 0 bridgehead atoms. The summed E-state index contributed by atoms with van der Waals surface area (Å²) in [6, 6.07) is 20.5. The smallest absolute Gasteiger partial charge is 0.291 e. The van der Waals surface area contributed by atoms with Crippen molar-refractivity contribution in [3.05, 3.63) is 94.0 Å². The number of hydrogen-bond acceptors (Lipinski definition) is 7. The normalized spacial score (nSPS) is 11.1. The molecule has 8 nitrogen and oxygen atoms in total. The van der Waals surface area contributed by atoms with E-state index in [1.807, 2.05) is 30.3 Å². The van der Waals surface area contributed by atoms with E-state index in [1.165, 1.54) is 18.2 Å². The zero-order chi connectivity index (χ0) is 24.1. The van der Waals surface area contributed by atoms with E-state index in [9.17, 15) is 13.2 Å². The zero-order valence-electron chi connectivity index (χ0n) is 17.2. The van der Waals surface area contributed by atoms with Gasteiger partial charge in [-0.3, -0.25) is 14.8 Å². The Balaban J connectivity index is 1.38. The molecular weight excluding hydrogens is 519 g/mol. The van der Waals surface area contributed by atoms with Crippen LogP contribution in [0.1, 0.15) is 15.9 Å². The SMILES string of the molecule is O=C(Nc1nnc(S(=O)(=O)Nc2ccc(OCc3ccccc3)cc2)s1)c1ccc(Cl)cc1Cl. The van der Waals surface area contributed by atoms with Crippen LogP contribution >= 0.6 is 34.5 Å². The maximum absolute atomic E-state index is 12.7. The predicted octanol–water partition coefficient (Wildman–Crippen LogP) is 5.48. The molecule has 1 amide bonds. The van der Waals surface area contributed by atoms with E-state index in [0.29, 0.717) is 34.4 Å². The second-order valence-electron chi connectivity index (χ2n) is 6.86. The molecule has 1 aromatic heterocycles. The van der Waals surface area contributed by atoms with Crippen LogP contribution in [-0.4, -0.2) is 24.5 Å². The molecule has 0 saturated heterocycles. The van der Waals surface area contributed by atoms with Crippen LogP contribution in [-0.2, 0) is 16.6 Å². The number of aromatic nitrogens is 2. The van der Waals surface area contributed by atoms with Crippen LogP contribution in [0.2, 0.25) is 10.0 Å². The van der Waals surface area contributed by atoms with Crippen molar-refractivity contribution in [2.45, 2.75) is 10.9 Å². The molecule has 4 rings (SSSR count). The largest absolute Gasteiger partial charge is 0.489 e. The highest BCUT2D eigenvalue weighted by Crippen LogP contribution is 2.26. The Hall–Kier alpha value is -3.18. The lowest BCUT2D eigenvalue weighted by Crippen LogP contribution is -2.12. The molecule has 3 aromatic carbocycles. The monoisotopic (exact) mass is 534 g/mol. The molecule has 0 radical (unpaired) electrons. The Morgan fingerprint density at radius 3 is 2.41 bits per heavy atom. The summed E-state index contributed by atoms with van der Waals surface area (Å²) in [5, 5.41) is 10.4. The minimum Gasteiger partial charge on any atom is -0.489 e. The van der Waals surface area contributed by atoms with E-state index in [2.05, 4.69) is 20.2 Å². The van der Waals surface area contributed by atoms with Gasteiger partial charge >= 0.3 is 0 Å². The average molecular weight is 535 g/mol. The maximum Gasteiger partial charge on any atom is 0.291 e. The van der Waals surface area contributed by atoms with Gasteiger partial charge < -0.3 is 4.74 Å². The molecular formula is C22H16Cl2N4O4S2. The first kappa shape index (κ1) is 24.0. The van der Waals surface area contributed by atoms with E-state index in [1.54, 1.807) is 24.3 Å². The molecule has 1 heterocycles. The number of halogens is 2. The van der Waals surface area contributed by atoms with Gasteiger partial charge in [-0.05, 0) is 48.0 Å². The van der Waals surface area contributed by atoms with Crippen LogP contribution in [0.3, 0.4) is 0 Å². The summed E-state index contributed by atoms with van der Waals surface area (Å²) in [5.74, 6) is 0.0226. The number of hydrogen-bond donors (Lipinski definition) is 2. The molecule has 0 unspecified atom stereocenters. The summed E-state index contributed by atoms with van der Waals surface area (Å²) in [7, 11) is -4.02. The van der Waals surface area contributed by atoms with E-state index in [-0.39, 0.29) is 20.1 Å². The summed E-state index contributed by atoms with van der Waals surface area (Å²) < 4.78 is 33.2. The van der Waals surface area contributed by atoms with Crippen LogP contribution in [0.5, 0.6) is 5.75 Å². The molecule has 0 fully saturated rings. The van der Waals surface area contributed by atoms with Crippen molar-refractivity contribution in [1.29, 1.82) is 0 Å². The number of sulfonamides is 1. The van der Waals surface area contributed by atoms with Gasteiger partial charge in [0, 0.05) is 10.7 Å². The highest BCUT2D eigenvalue weighted by Gasteiger charge is 2.22. The third-order valence-electron chi connectivity index (χ3n) is 4.39. The Morgan fingerprint density at radius 2 is 1.71 bits per heavy atom. The van der Waals surface area contributed by atoms with Gasteiger partial charge in [-0.25, -0.2) is 0 Å². The highest BCUT2D eigenvalue weighted by atomic mass is 35.5. The van der Waals surface area contributed by atoms with E-state index < -0.39 is 15.9 Å². The zero-order valence-corrected chi connectivity index (χ0v) is 20.4. The maximum atomic E-state index is 12.7. The fourth-order valence-electron chi connectivity index (χ4n) is 2.77. The van der Waals surface area contributed by atoms with Crippen LogP contribution in [0, 0.1) is 0 Å². The second-order valence-corrected chi connectivity index (χ2v) is 10.5. The molecule has 4 aromatic rings. The number of rotatable bonds is 8. The fraction of sp³-hybridized carbons (Fsp3) is 0.0455. The second kappa shape index (κ2) is 10.4. The van der Waals surface area contributed by atoms with Crippen molar-refractivity contribution in [3.8, 4) is 5.75 Å². The molecule has 0 spiro atoms. The van der Waals surface area contributed by atoms with Gasteiger partial charge in [0.1, 0.15) is 12.4 Å². The molecule has 0 aliphatic carbocycles. The van der Waals surface area contributed by atoms with Crippen molar-refractivity contribution < 1.29 is 17.9 Å². The third-order valence-corrected chi connectivity index (χ3v) is 7.52. The van der Waals surface area contributed by atoms with Crippen LogP contribution in [0.15, 0.2) is 77.1 Å². The van der Waals surface area contributed by atoms with Gasteiger partial charge in [-0.2, -0.15) is 8.42 Å². The van der Waals surface area contributed by atoms with Gasteiger partial charge in [0.05, 0.1) is 10.6 Å². The number of amides is 1. The summed E-state index contributed by atoms with van der Waals surface area (Å²) in [6.07, 6.45) is 0. The average Bonchev–Trinajstić information content (AvgIpc) is 3.28. The van der Waals surface area contributed by atoms with Crippen LogP contribution in [0.25, 0.3) is 0 Å². The summed E-state index contributed by atoms with van der Waals surface area (Å²) in [4.78, 5) is 12.4. The molecule has 0 atom stereocenters. The first-order chi connectivity index (χ1) is 16.3. The third kappa shape index (κ3) is 6.03. The number of anilines is 2. The van der Waals surface area contributed by atoms with Gasteiger partial charge in [-0.15, -0.1) is 10.2 Å². The van der Waals surface area contributed by atoms with Gasteiger partial charge in [0.2, 0.25) is 5.13 Å². The number of benzene rings is 3. The van der Waals surface area contributed by atoms with Crippen LogP contribution < -0.4 is 14.8 Å². The standard InChI is InChI=1S/C22H16Cl2N4O4S2/c23-15-6-11-18(19(24)12-15)20(29)25-21-26-27-22(33-21)34(30,31)28-16-7-9-17(10-8-16)32-13-14-4-2-1-3-5-14/h1-12,28H,13H2,(H,25,26,29). The van der Waals surface area contributed by atoms with Gasteiger partial charge in [0.25, 0.3) is 20.3 Å². The molecule has 0 aliphatic rings. The predicted molar refractivity (Wildman–Crippen MR) is 132 cm³/mol. The Labute approximate surface area is 209 Å². The van der Waals surface area contributed by atoms with Crippen molar-refractivity contribution in [3.63, 3.8) is 0 Å². The summed E-state index contributed by atoms with van der Waals surface area (Å²) in [6.45, 7) is 0.395. The summed E-state index contributed by atoms with van der Waals surface area (Å²) in [5.41, 5.74) is 1.50. The quantitative estimate of drug-likeness (QED) is 0.289. The van der Waals surface area contributed by atoms with Gasteiger partial charge in [0.15, 0.2) is 0 Å². The molecule has 0 saturated carbocycles. The highest BCUT2D eigenvalue weighted by molar-refractivity contribution is 7.94. The molecule has 0 aliphatic heterocycles. The van der Waals surface area contributed by atoms with E-state index in [4.69, 9.17) is 27.9 Å². The van der Waals surface area contributed by atoms with E-state index in [0.717, 1.165) is 5.56 Å². The number of nitrogens with one attached hydrogen (secondary N) is 2. The first-order valence-corrected chi connectivity index (χ1v) is 12.8. The van der Waals surface area contributed by atoms with Crippen LogP contribution in [0.4, 0.5) is 10.8 Å². The molecule has 34 heavy (non-hydrogen) atoms. The lowest BCUT2D eigenvalue weighted by Gasteiger charge is -2.08. The lowest BCUT2D eigenvalue weighted by atomic mass is 10.2. The first-order valence-electron chi connectivity index (χ1n) is 9.70. The molecule has 12 heteroatoms. The minimum absolute atomic E-state index is 0.000974. The number of nitrogens with zero attached hydrogens (tertiary/aromatic N) is 2. The molecule has 174 valence electrons. The topological polar surface area (TPSA) is 110 Å². The Kier molecular flexibility index (Phi) is 7.32. The van der Waals surface area contributed by atoms with Crippen molar-refractivity contribution in [2.75, 3.05) is 10.0 Å². The Bertz CT molecular complexity index is 1410. The lowest BCUT2D eigenvalue weighted by molar-refractivity contribution is 0.102. The summed E-state index contributed by atoms with van der Waals surface area (Å²) >= 11 is 12.6. The van der Waals surface area contributed by atoms with Crippen molar-refractivity contribution in [2.24, 2.45) is 0 Å². The van der Waals surface area contributed by atoms with E-state index >= 15 is 0 Å².